The summed E-state index contributed by atoms with van der Waals surface area (Å²) in [5, 5.41) is 16.4. The molecule has 308 valence electrons. The summed E-state index contributed by atoms with van der Waals surface area (Å²) in [6.07, 6.45) is 6.39. The van der Waals surface area contributed by atoms with Crippen LogP contribution in [0.5, 0.6) is 11.5 Å². The average molecular weight is 806 g/mol. The Balaban J connectivity index is 0.664. The van der Waals surface area contributed by atoms with E-state index in [4.69, 9.17) is 4.74 Å². The molecule has 11 nitrogen and oxygen atoms in total. The number of hydrogen-bond donors (Lipinski definition) is 3. The Bertz CT molecular complexity index is 2390. The molecule has 2 spiro atoms. The zero-order valence-corrected chi connectivity index (χ0v) is 33.8. The van der Waals surface area contributed by atoms with Crippen molar-refractivity contribution in [2.75, 3.05) is 44.6 Å². The van der Waals surface area contributed by atoms with E-state index in [-0.39, 0.29) is 35.5 Å². The second-order valence-electron chi connectivity index (χ2n) is 18.8. The number of phenolic OH excluding ortho intramolecular Hbond substituents is 1. The Morgan fingerprint density at radius 1 is 0.883 bits per heavy atom. The van der Waals surface area contributed by atoms with Crippen molar-refractivity contribution in [3.8, 4) is 11.5 Å². The van der Waals surface area contributed by atoms with Gasteiger partial charge in [-0.25, -0.2) is 0 Å². The zero-order chi connectivity index (χ0) is 40.8. The van der Waals surface area contributed by atoms with Gasteiger partial charge in [0.15, 0.2) is 0 Å². The number of nitrogens with zero attached hydrogens (tertiary/aromatic N) is 3. The van der Waals surface area contributed by atoms with E-state index in [0.29, 0.717) is 67.9 Å². The van der Waals surface area contributed by atoms with Gasteiger partial charge in [-0.15, -0.1) is 0 Å². The standard InChI is InChI=1S/C49H51N5O6/c55-35-11-13-37-32(22-35)8-12-36(30-4-2-1-3-5-30)44(37)31-6-9-33(10-7-31)50-34-23-48(24-34)27-52(28-48)26-43(57)53-20-18-49(19-21-53)29-60-45-39-25-54(41-16-17-42(56)51-46(41)58)47(59)38(39)14-15-40(45)49/h1-7,9-11,13-15,22,34,36,41,44,50,55H,8,12,16-21,23-29H2,(H,51,56,58)/t36-,41?,44+/m1/s1. The Kier molecular flexibility index (Phi) is 8.85. The minimum atomic E-state index is -0.658. The summed E-state index contributed by atoms with van der Waals surface area (Å²) in [6.45, 7) is 4.56. The number of aromatic hydroxyl groups is 1. The Hall–Kier alpha value is -5.68. The third-order valence-electron chi connectivity index (χ3n) is 15.1. The largest absolute Gasteiger partial charge is 0.508 e. The van der Waals surface area contributed by atoms with Crippen LogP contribution in [0.15, 0.2) is 84.9 Å². The van der Waals surface area contributed by atoms with Gasteiger partial charge in [-0.2, -0.15) is 0 Å². The normalized spacial score (nSPS) is 25.2. The summed E-state index contributed by atoms with van der Waals surface area (Å²) in [4.78, 5) is 57.1. The third-order valence-corrected chi connectivity index (χ3v) is 15.1. The number of carbonyl (C=O) groups is 4. The molecule has 0 aromatic heterocycles. The van der Waals surface area contributed by atoms with Gasteiger partial charge >= 0.3 is 0 Å². The molecule has 3 N–H and O–H groups in total. The Morgan fingerprint density at radius 2 is 1.67 bits per heavy atom. The lowest BCUT2D eigenvalue weighted by molar-refractivity contribution is -0.140. The van der Waals surface area contributed by atoms with Crippen molar-refractivity contribution >= 4 is 29.3 Å². The molecule has 3 saturated heterocycles. The van der Waals surface area contributed by atoms with Crippen molar-refractivity contribution in [1.82, 2.24) is 20.0 Å². The molecule has 4 aromatic carbocycles. The average Bonchev–Trinajstić information content (AvgIpc) is 3.76. The highest BCUT2D eigenvalue weighted by atomic mass is 16.5. The van der Waals surface area contributed by atoms with Gasteiger partial charge in [0, 0.05) is 72.4 Å². The van der Waals surface area contributed by atoms with Crippen molar-refractivity contribution in [3.05, 3.63) is 124 Å². The van der Waals surface area contributed by atoms with Crippen LogP contribution in [0.25, 0.3) is 0 Å². The van der Waals surface area contributed by atoms with Crippen LogP contribution in [0.4, 0.5) is 5.69 Å². The second-order valence-corrected chi connectivity index (χ2v) is 18.8. The summed E-state index contributed by atoms with van der Waals surface area (Å²) < 4.78 is 6.34. The SMILES string of the molecule is O=C1CCC(N2Cc3c(ccc4c3OCC43CCN(C(=O)CN4CC5(CC(Nc6ccc([C@@H]7c8ccc(O)cc8CC[C@@H]7c7ccccc7)cc6)C5)C4)CC3)C2=O)C(=O)N1. The summed E-state index contributed by atoms with van der Waals surface area (Å²) >= 11 is 0. The van der Waals surface area contributed by atoms with Crippen molar-refractivity contribution in [3.63, 3.8) is 0 Å². The summed E-state index contributed by atoms with van der Waals surface area (Å²) in [7, 11) is 0. The van der Waals surface area contributed by atoms with Gasteiger partial charge in [0.2, 0.25) is 17.7 Å². The molecule has 11 heteroatoms. The maximum atomic E-state index is 13.6. The van der Waals surface area contributed by atoms with Gasteiger partial charge in [0.25, 0.3) is 5.91 Å². The zero-order valence-electron chi connectivity index (χ0n) is 33.8. The van der Waals surface area contributed by atoms with Crippen LogP contribution in [0.1, 0.15) is 101 Å². The molecule has 5 heterocycles. The van der Waals surface area contributed by atoms with Crippen LogP contribution in [0.2, 0.25) is 0 Å². The molecule has 4 aromatic rings. The Labute approximate surface area is 350 Å². The van der Waals surface area contributed by atoms with Crippen LogP contribution in [-0.4, -0.2) is 94.8 Å². The molecule has 4 fully saturated rings. The van der Waals surface area contributed by atoms with Crippen LogP contribution in [0.3, 0.4) is 0 Å². The number of benzene rings is 4. The van der Waals surface area contributed by atoms with Gasteiger partial charge in [-0.05, 0) is 109 Å². The molecule has 4 amide bonds. The smallest absolute Gasteiger partial charge is 0.255 e. The van der Waals surface area contributed by atoms with Crippen molar-refractivity contribution in [2.24, 2.45) is 5.41 Å². The van der Waals surface area contributed by atoms with Gasteiger partial charge in [-0.1, -0.05) is 54.6 Å². The number of phenols is 1. The molecule has 2 aliphatic carbocycles. The lowest BCUT2D eigenvalue weighted by Crippen LogP contribution is -2.66. The van der Waals surface area contributed by atoms with E-state index in [9.17, 15) is 24.3 Å². The molecule has 60 heavy (non-hydrogen) atoms. The fraction of sp³-hybridized carbons (Fsp3) is 0.429. The molecule has 1 unspecified atom stereocenters. The first-order chi connectivity index (χ1) is 29.1. The lowest BCUT2D eigenvalue weighted by Gasteiger charge is -2.59. The van der Waals surface area contributed by atoms with Crippen LogP contribution in [-0.2, 0) is 32.8 Å². The topological polar surface area (TPSA) is 132 Å². The second kappa shape index (κ2) is 14.2. The molecule has 5 aliphatic heterocycles. The van der Waals surface area contributed by atoms with E-state index >= 15 is 0 Å². The number of piperidine rings is 2. The van der Waals surface area contributed by atoms with Crippen LogP contribution >= 0.6 is 0 Å². The number of likely N-dealkylation sites (tertiary alicyclic amines) is 2. The number of amides is 4. The number of anilines is 1. The number of hydrogen-bond acceptors (Lipinski definition) is 8. The molecular formula is C49H51N5O6. The maximum Gasteiger partial charge on any atom is 0.255 e. The lowest BCUT2D eigenvalue weighted by atomic mass is 9.60. The number of aryl methyl sites for hydroxylation is 1. The van der Waals surface area contributed by atoms with E-state index < -0.39 is 11.9 Å². The molecule has 0 radical (unpaired) electrons. The molecule has 3 atom stereocenters. The van der Waals surface area contributed by atoms with Gasteiger partial charge < -0.3 is 25.0 Å². The number of ether oxygens (including phenoxy) is 1. The van der Waals surface area contributed by atoms with Crippen molar-refractivity contribution < 1.29 is 29.0 Å². The fourth-order valence-corrected chi connectivity index (χ4v) is 12.0. The van der Waals surface area contributed by atoms with Crippen molar-refractivity contribution in [1.29, 1.82) is 0 Å². The quantitative estimate of drug-likeness (QED) is 0.199. The third kappa shape index (κ3) is 6.26. The highest BCUT2D eigenvalue weighted by Gasteiger charge is 2.53. The van der Waals surface area contributed by atoms with Gasteiger partial charge in [-0.3, -0.25) is 29.4 Å². The first kappa shape index (κ1) is 37.3. The van der Waals surface area contributed by atoms with Gasteiger partial charge in [0.1, 0.15) is 17.5 Å². The monoisotopic (exact) mass is 805 g/mol. The summed E-state index contributed by atoms with van der Waals surface area (Å²) in [5.41, 5.74) is 8.97. The summed E-state index contributed by atoms with van der Waals surface area (Å²) in [6, 6.07) is 29.4. The van der Waals surface area contributed by atoms with E-state index in [2.05, 4.69) is 76.2 Å². The van der Waals surface area contributed by atoms with E-state index in [1.807, 2.05) is 29.2 Å². The first-order valence-electron chi connectivity index (χ1n) is 21.8. The van der Waals surface area contributed by atoms with Crippen LogP contribution in [0, 0.1) is 5.41 Å². The van der Waals surface area contributed by atoms with Gasteiger partial charge in [0.05, 0.1) is 19.7 Å². The predicted octanol–water partition coefficient (Wildman–Crippen LogP) is 5.84. The molecule has 0 bridgehead atoms. The van der Waals surface area contributed by atoms with Crippen molar-refractivity contribution in [2.45, 2.75) is 87.2 Å². The number of imide groups is 1. The maximum absolute atomic E-state index is 13.6. The summed E-state index contributed by atoms with van der Waals surface area (Å²) in [5.74, 6) is 0.997. The first-order valence-corrected chi connectivity index (χ1v) is 21.8. The number of carbonyl (C=O) groups excluding carboxylic acids is 4. The van der Waals surface area contributed by atoms with Crippen LogP contribution < -0.4 is 15.4 Å². The molecular weight excluding hydrogens is 755 g/mol. The Morgan fingerprint density at radius 3 is 2.43 bits per heavy atom. The van der Waals surface area contributed by atoms with E-state index in [1.165, 1.54) is 22.3 Å². The minimum Gasteiger partial charge on any atom is -0.508 e. The molecule has 1 saturated carbocycles. The van der Waals surface area contributed by atoms with E-state index in [1.54, 1.807) is 4.90 Å². The predicted molar refractivity (Wildman–Crippen MR) is 225 cm³/mol. The minimum absolute atomic E-state index is 0.193. The number of rotatable bonds is 7. The highest BCUT2D eigenvalue weighted by Crippen LogP contribution is 2.52. The molecule has 11 rings (SSSR count). The molecule has 7 aliphatic rings. The number of nitrogens with one attached hydrogen (secondary N) is 2. The fourth-order valence-electron chi connectivity index (χ4n) is 12.0. The highest BCUT2D eigenvalue weighted by molar-refractivity contribution is 6.05. The number of fused-ring (bicyclic) bond motifs is 5. The van der Waals surface area contributed by atoms with E-state index in [0.717, 1.165) is 74.2 Å².